The van der Waals surface area contributed by atoms with E-state index in [0.29, 0.717) is 23.0 Å². The van der Waals surface area contributed by atoms with Crippen molar-refractivity contribution in [3.05, 3.63) is 33.8 Å². The minimum Gasteiger partial charge on any atom is -0.495 e. The first-order chi connectivity index (χ1) is 10.5. The minimum atomic E-state index is -0.112. The third kappa shape index (κ3) is 4.40. The minimum absolute atomic E-state index is 0.112. The molecule has 1 amide bonds. The van der Waals surface area contributed by atoms with Crippen molar-refractivity contribution in [2.45, 2.75) is 13.5 Å². The molecule has 1 aromatic carbocycles. The molecule has 0 bridgehead atoms. The van der Waals surface area contributed by atoms with E-state index in [-0.39, 0.29) is 12.5 Å². The summed E-state index contributed by atoms with van der Waals surface area (Å²) in [6.07, 6.45) is 0. The summed E-state index contributed by atoms with van der Waals surface area (Å²) < 4.78 is 8.96. The van der Waals surface area contributed by atoms with Gasteiger partial charge < -0.3 is 10.1 Å². The van der Waals surface area contributed by atoms with Crippen molar-refractivity contribution in [2.75, 3.05) is 26.0 Å². The number of aryl methyl sites for hydroxylation is 1. The van der Waals surface area contributed by atoms with Gasteiger partial charge in [0, 0.05) is 12.2 Å². The molecule has 1 N–H and O–H groups in total. The van der Waals surface area contributed by atoms with Gasteiger partial charge in [-0.15, -0.1) is 5.10 Å². The van der Waals surface area contributed by atoms with Crippen LogP contribution in [0.2, 0.25) is 5.02 Å². The summed E-state index contributed by atoms with van der Waals surface area (Å²) in [4.78, 5) is 15.0. The molecule has 118 valence electrons. The number of carbonyl (C=O) groups excluding carboxylic acids is 1. The molecular formula is C14H17ClN4O2S. The van der Waals surface area contributed by atoms with Gasteiger partial charge in [0.25, 0.3) is 0 Å². The Labute approximate surface area is 138 Å². The van der Waals surface area contributed by atoms with Crippen LogP contribution in [-0.2, 0) is 11.3 Å². The second-order valence-electron chi connectivity index (χ2n) is 4.85. The van der Waals surface area contributed by atoms with Crippen LogP contribution >= 0.6 is 23.1 Å². The first kappa shape index (κ1) is 16.7. The summed E-state index contributed by atoms with van der Waals surface area (Å²) in [6, 6.07) is 5.13. The Hall–Kier alpha value is -1.70. The molecule has 0 atom stereocenters. The number of aromatic nitrogens is 2. The van der Waals surface area contributed by atoms with Crippen molar-refractivity contribution in [1.29, 1.82) is 0 Å². The van der Waals surface area contributed by atoms with Gasteiger partial charge in [-0.25, -0.2) is 0 Å². The molecule has 0 saturated carbocycles. The fourth-order valence-electron chi connectivity index (χ4n) is 1.89. The average Bonchev–Trinajstić information content (AvgIpc) is 2.84. The molecule has 0 radical (unpaired) electrons. The highest BCUT2D eigenvalue weighted by molar-refractivity contribution is 7.05. The van der Waals surface area contributed by atoms with Gasteiger partial charge in [-0.05, 0) is 43.7 Å². The lowest BCUT2D eigenvalue weighted by molar-refractivity contribution is -0.117. The zero-order valence-electron chi connectivity index (χ0n) is 12.6. The number of hydrogen-bond acceptors (Lipinski definition) is 6. The van der Waals surface area contributed by atoms with Crippen LogP contribution in [0.15, 0.2) is 18.2 Å². The molecule has 22 heavy (non-hydrogen) atoms. The fourth-order valence-corrected chi connectivity index (χ4v) is 2.86. The molecule has 0 aliphatic carbocycles. The number of carbonyl (C=O) groups is 1. The number of ether oxygens (including phenoxy) is 1. The van der Waals surface area contributed by atoms with E-state index in [2.05, 4.69) is 14.9 Å². The highest BCUT2D eigenvalue weighted by Crippen LogP contribution is 2.27. The van der Waals surface area contributed by atoms with Gasteiger partial charge >= 0.3 is 0 Å². The Morgan fingerprint density at radius 1 is 1.50 bits per heavy atom. The number of nitrogens with one attached hydrogen (secondary N) is 1. The second-order valence-corrected chi connectivity index (χ2v) is 6.10. The third-order valence-corrected chi connectivity index (χ3v) is 4.11. The molecule has 0 aliphatic rings. The van der Waals surface area contributed by atoms with E-state index < -0.39 is 0 Å². The van der Waals surface area contributed by atoms with E-state index in [9.17, 15) is 4.79 Å². The lowest BCUT2D eigenvalue weighted by atomic mass is 10.3. The molecule has 0 spiro atoms. The Balaban J connectivity index is 1.89. The van der Waals surface area contributed by atoms with Crippen molar-refractivity contribution in [3.8, 4) is 5.75 Å². The summed E-state index contributed by atoms with van der Waals surface area (Å²) >= 11 is 7.38. The molecule has 8 heteroatoms. The van der Waals surface area contributed by atoms with Crippen LogP contribution in [0.5, 0.6) is 5.75 Å². The van der Waals surface area contributed by atoms with Crippen LogP contribution < -0.4 is 10.1 Å². The quantitative estimate of drug-likeness (QED) is 0.875. The molecule has 2 aromatic rings. The van der Waals surface area contributed by atoms with Crippen molar-refractivity contribution >= 4 is 34.7 Å². The van der Waals surface area contributed by atoms with E-state index in [1.807, 2.05) is 18.9 Å². The maximum Gasteiger partial charge on any atom is 0.238 e. The summed E-state index contributed by atoms with van der Waals surface area (Å²) in [5, 5.41) is 7.23. The molecule has 0 unspecified atom stereocenters. The van der Waals surface area contributed by atoms with E-state index in [1.165, 1.54) is 11.5 Å². The number of anilines is 1. The number of halogens is 1. The maximum atomic E-state index is 12.0. The largest absolute Gasteiger partial charge is 0.495 e. The number of amides is 1. The SMILES string of the molecule is COc1ccc(NC(=O)CN(C)Cc2snnc2C)cc1Cl. The summed E-state index contributed by atoms with van der Waals surface area (Å²) in [6.45, 7) is 2.81. The van der Waals surface area contributed by atoms with E-state index in [1.54, 1.807) is 25.3 Å². The topological polar surface area (TPSA) is 67.3 Å². The van der Waals surface area contributed by atoms with E-state index >= 15 is 0 Å². The molecule has 0 aliphatic heterocycles. The zero-order valence-corrected chi connectivity index (χ0v) is 14.2. The number of rotatable bonds is 6. The van der Waals surface area contributed by atoms with Crippen LogP contribution in [0.1, 0.15) is 10.6 Å². The number of hydrogen-bond donors (Lipinski definition) is 1. The molecule has 2 rings (SSSR count). The summed E-state index contributed by atoms with van der Waals surface area (Å²) in [5.74, 6) is 0.462. The lowest BCUT2D eigenvalue weighted by Crippen LogP contribution is -2.29. The predicted octanol–water partition coefficient (Wildman–Crippen LogP) is 2.58. The smallest absolute Gasteiger partial charge is 0.238 e. The van der Waals surface area contributed by atoms with E-state index in [0.717, 1.165) is 10.6 Å². The van der Waals surface area contributed by atoms with Gasteiger partial charge in [0.2, 0.25) is 5.91 Å². The normalized spacial score (nSPS) is 10.8. The maximum absolute atomic E-state index is 12.0. The van der Waals surface area contributed by atoms with Crippen LogP contribution in [-0.4, -0.2) is 41.1 Å². The molecule has 1 aromatic heterocycles. The van der Waals surface area contributed by atoms with Crippen molar-refractivity contribution in [3.63, 3.8) is 0 Å². The standard InChI is InChI=1S/C14H17ClN4O2S/c1-9-13(22-18-17-9)7-19(2)8-14(20)16-10-4-5-12(21-3)11(15)6-10/h4-6H,7-8H2,1-3H3,(H,16,20). The molecule has 1 heterocycles. The van der Waals surface area contributed by atoms with Gasteiger partial charge in [-0.3, -0.25) is 9.69 Å². The Kier molecular flexibility index (Phi) is 5.70. The van der Waals surface area contributed by atoms with Crippen LogP contribution in [0.25, 0.3) is 0 Å². The molecule has 0 saturated heterocycles. The number of nitrogens with zero attached hydrogens (tertiary/aromatic N) is 3. The van der Waals surface area contributed by atoms with Gasteiger partial charge in [-0.1, -0.05) is 16.1 Å². The Morgan fingerprint density at radius 2 is 2.27 bits per heavy atom. The van der Waals surface area contributed by atoms with Crippen LogP contribution in [0.4, 0.5) is 5.69 Å². The molecule has 6 nitrogen and oxygen atoms in total. The number of benzene rings is 1. The molecular weight excluding hydrogens is 324 g/mol. The van der Waals surface area contributed by atoms with Crippen molar-refractivity contribution < 1.29 is 9.53 Å². The first-order valence-electron chi connectivity index (χ1n) is 6.59. The highest BCUT2D eigenvalue weighted by atomic mass is 35.5. The first-order valence-corrected chi connectivity index (χ1v) is 7.74. The zero-order chi connectivity index (χ0) is 16.1. The van der Waals surface area contributed by atoms with Gasteiger partial charge in [0.1, 0.15) is 5.75 Å². The van der Waals surface area contributed by atoms with Gasteiger partial charge in [0.15, 0.2) is 0 Å². The lowest BCUT2D eigenvalue weighted by Gasteiger charge is -2.15. The number of methoxy groups -OCH3 is 1. The van der Waals surface area contributed by atoms with Crippen LogP contribution in [0.3, 0.4) is 0 Å². The average molecular weight is 341 g/mol. The molecule has 0 fully saturated rings. The van der Waals surface area contributed by atoms with E-state index in [4.69, 9.17) is 16.3 Å². The predicted molar refractivity (Wildman–Crippen MR) is 87.6 cm³/mol. The number of likely N-dealkylation sites (N-methyl/N-ethyl adjacent to an activating group) is 1. The highest BCUT2D eigenvalue weighted by Gasteiger charge is 2.11. The van der Waals surface area contributed by atoms with Crippen molar-refractivity contribution in [2.24, 2.45) is 0 Å². The van der Waals surface area contributed by atoms with Crippen LogP contribution in [0, 0.1) is 6.92 Å². The Morgan fingerprint density at radius 3 is 2.86 bits per heavy atom. The van der Waals surface area contributed by atoms with Crippen molar-refractivity contribution in [1.82, 2.24) is 14.5 Å². The van der Waals surface area contributed by atoms with Gasteiger partial charge in [0.05, 0.1) is 29.2 Å². The van der Waals surface area contributed by atoms with Gasteiger partial charge in [-0.2, -0.15) is 0 Å². The third-order valence-electron chi connectivity index (χ3n) is 3.01. The summed E-state index contributed by atoms with van der Waals surface area (Å²) in [7, 11) is 3.42. The summed E-state index contributed by atoms with van der Waals surface area (Å²) in [5.41, 5.74) is 1.54. The Bertz CT molecular complexity index is 662. The second kappa shape index (κ2) is 7.53. The fraction of sp³-hybridized carbons (Fsp3) is 0.357. The monoisotopic (exact) mass is 340 g/mol.